The van der Waals surface area contributed by atoms with E-state index in [1.807, 2.05) is 0 Å². The fourth-order valence-electron chi connectivity index (χ4n) is 1.99. The van der Waals surface area contributed by atoms with Crippen molar-refractivity contribution in [2.24, 2.45) is 5.14 Å². The molecule has 0 aliphatic carbocycles. The minimum Gasteiger partial charge on any atom is -0.489 e. The van der Waals surface area contributed by atoms with Gasteiger partial charge in [0.1, 0.15) is 17.3 Å². The van der Waals surface area contributed by atoms with Crippen molar-refractivity contribution in [3.05, 3.63) is 18.2 Å². The molecule has 6 nitrogen and oxygen atoms in total. The van der Waals surface area contributed by atoms with E-state index in [4.69, 9.17) is 20.3 Å². The molecule has 1 fully saturated rings. The molecule has 1 aliphatic rings. The van der Waals surface area contributed by atoms with Crippen LogP contribution in [0.3, 0.4) is 0 Å². The van der Waals surface area contributed by atoms with Crippen LogP contribution < -0.4 is 15.6 Å². The van der Waals surface area contributed by atoms with Crippen LogP contribution in [0.15, 0.2) is 23.1 Å². The highest BCUT2D eigenvalue weighted by Crippen LogP contribution is 2.26. The van der Waals surface area contributed by atoms with E-state index in [1.165, 1.54) is 12.1 Å². The van der Waals surface area contributed by atoms with Crippen LogP contribution in [0.2, 0.25) is 0 Å². The molecule has 1 saturated heterocycles. The maximum Gasteiger partial charge on any atom is 0.241 e. The van der Waals surface area contributed by atoms with Gasteiger partial charge in [0.2, 0.25) is 10.0 Å². The summed E-state index contributed by atoms with van der Waals surface area (Å²) in [4.78, 5) is -0.0942. The highest BCUT2D eigenvalue weighted by molar-refractivity contribution is 7.89. The maximum atomic E-state index is 11.5. The summed E-state index contributed by atoms with van der Waals surface area (Å²) >= 11 is 0. The molecule has 0 bridgehead atoms. The Morgan fingerprint density at radius 2 is 2.16 bits per heavy atom. The van der Waals surface area contributed by atoms with E-state index in [9.17, 15) is 8.42 Å². The van der Waals surface area contributed by atoms with Crippen LogP contribution in [0.25, 0.3) is 0 Å². The van der Waals surface area contributed by atoms with Crippen LogP contribution in [-0.2, 0) is 14.8 Å². The number of nitrogen functional groups attached to an aromatic ring is 1. The SMILES string of the molecule is Nc1ccc(OCC2CCCCO2)c(S(N)(=O)=O)c1. The first-order valence-electron chi connectivity index (χ1n) is 6.13. The van der Waals surface area contributed by atoms with Crippen LogP contribution >= 0.6 is 0 Å². The van der Waals surface area contributed by atoms with Gasteiger partial charge in [-0.05, 0) is 37.5 Å². The number of sulfonamides is 1. The van der Waals surface area contributed by atoms with Crippen LogP contribution in [0.4, 0.5) is 5.69 Å². The monoisotopic (exact) mass is 286 g/mol. The van der Waals surface area contributed by atoms with Gasteiger partial charge >= 0.3 is 0 Å². The van der Waals surface area contributed by atoms with E-state index < -0.39 is 10.0 Å². The number of benzene rings is 1. The predicted octanol–water partition coefficient (Wildman–Crippen LogP) is 0.864. The van der Waals surface area contributed by atoms with Gasteiger partial charge in [-0.25, -0.2) is 13.6 Å². The second-order valence-corrected chi connectivity index (χ2v) is 6.08. The summed E-state index contributed by atoms with van der Waals surface area (Å²) in [6.45, 7) is 1.03. The second kappa shape index (κ2) is 5.77. The summed E-state index contributed by atoms with van der Waals surface area (Å²) in [5.74, 6) is 0.214. The molecule has 1 aliphatic heterocycles. The summed E-state index contributed by atoms with van der Waals surface area (Å²) in [5, 5.41) is 5.14. The number of nitrogens with two attached hydrogens (primary N) is 2. The Bertz CT molecular complexity index is 539. The number of rotatable bonds is 4. The summed E-state index contributed by atoms with van der Waals surface area (Å²) in [7, 11) is -3.85. The molecule has 7 heteroatoms. The van der Waals surface area contributed by atoms with E-state index in [0.717, 1.165) is 25.9 Å². The third kappa shape index (κ3) is 3.82. The van der Waals surface area contributed by atoms with Gasteiger partial charge in [0.05, 0.1) is 6.10 Å². The summed E-state index contributed by atoms with van der Waals surface area (Å²) in [6.07, 6.45) is 3.07. The predicted molar refractivity (Wildman–Crippen MR) is 71.3 cm³/mol. The van der Waals surface area contributed by atoms with E-state index >= 15 is 0 Å². The smallest absolute Gasteiger partial charge is 0.241 e. The maximum absolute atomic E-state index is 11.5. The normalized spacial score (nSPS) is 20.2. The lowest BCUT2D eigenvalue weighted by Crippen LogP contribution is -2.26. The zero-order valence-corrected chi connectivity index (χ0v) is 11.4. The topological polar surface area (TPSA) is 105 Å². The van der Waals surface area contributed by atoms with Crippen molar-refractivity contribution in [2.45, 2.75) is 30.3 Å². The van der Waals surface area contributed by atoms with Gasteiger partial charge in [-0.1, -0.05) is 0 Å². The van der Waals surface area contributed by atoms with Gasteiger partial charge in [-0.15, -0.1) is 0 Å². The van der Waals surface area contributed by atoms with E-state index in [2.05, 4.69) is 0 Å². The van der Waals surface area contributed by atoms with Gasteiger partial charge in [0, 0.05) is 12.3 Å². The summed E-state index contributed by atoms with van der Waals surface area (Å²) in [5.41, 5.74) is 5.89. The molecule has 2 rings (SSSR count). The minimum absolute atomic E-state index is 0.000341. The summed E-state index contributed by atoms with van der Waals surface area (Å²) in [6, 6.07) is 4.38. The molecule has 19 heavy (non-hydrogen) atoms. The molecule has 1 heterocycles. The molecule has 0 aromatic heterocycles. The van der Waals surface area contributed by atoms with Crippen LogP contribution in [-0.4, -0.2) is 27.7 Å². The highest BCUT2D eigenvalue weighted by atomic mass is 32.2. The Labute approximate surface area is 112 Å². The van der Waals surface area contributed by atoms with Crippen molar-refractivity contribution in [3.8, 4) is 5.75 Å². The Morgan fingerprint density at radius 1 is 1.37 bits per heavy atom. The molecular formula is C12H18N2O4S. The lowest BCUT2D eigenvalue weighted by atomic mass is 10.1. The van der Waals surface area contributed by atoms with Crippen molar-refractivity contribution in [2.75, 3.05) is 18.9 Å². The zero-order chi connectivity index (χ0) is 13.9. The lowest BCUT2D eigenvalue weighted by molar-refractivity contribution is -0.0116. The minimum atomic E-state index is -3.85. The van der Waals surface area contributed by atoms with Gasteiger partial charge in [-0.2, -0.15) is 0 Å². The van der Waals surface area contributed by atoms with E-state index in [1.54, 1.807) is 6.07 Å². The third-order valence-corrected chi connectivity index (χ3v) is 3.91. The number of hydrogen-bond donors (Lipinski definition) is 2. The molecule has 4 N–H and O–H groups in total. The first-order chi connectivity index (χ1) is 8.97. The molecule has 1 aromatic rings. The lowest BCUT2D eigenvalue weighted by Gasteiger charge is -2.23. The summed E-state index contributed by atoms with van der Waals surface area (Å²) < 4.78 is 34.0. The standard InChI is InChI=1S/C12H18N2O4S/c13-9-4-5-11(12(7-9)19(14,15)16)18-8-10-3-1-2-6-17-10/h4-5,7,10H,1-3,6,8,13H2,(H2,14,15,16). The Kier molecular flexibility index (Phi) is 4.28. The molecule has 106 valence electrons. The van der Waals surface area contributed by atoms with Crippen molar-refractivity contribution < 1.29 is 17.9 Å². The van der Waals surface area contributed by atoms with Crippen molar-refractivity contribution >= 4 is 15.7 Å². The Hall–Kier alpha value is -1.31. The van der Waals surface area contributed by atoms with E-state index in [0.29, 0.717) is 12.3 Å². The van der Waals surface area contributed by atoms with Gasteiger partial charge in [-0.3, -0.25) is 0 Å². The molecule has 0 spiro atoms. The van der Waals surface area contributed by atoms with Crippen LogP contribution in [0.5, 0.6) is 5.75 Å². The quantitative estimate of drug-likeness (QED) is 0.799. The zero-order valence-electron chi connectivity index (χ0n) is 10.5. The number of primary sulfonamides is 1. The van der Waals surface area contributed by atoms with Crippen molar-refractivity contribution in [1.29, 1.82) is 0 Å². The van der Waals surface area contributed by atoms with Gasteiger partial charge in [0.15, 0.2) is 0 Å². The molecular weight excluding hydrogens is 268 g/mol. The van der Waals surface area contributed by atoms with E-state index in [-0.39, 0.29) is 16.7 Å². The van der Waals surface area contributed by atoms with Gasteiger partial charge < -0.3 is 15.2 Å². The molecule has 1 unspecified atom stereocenters. The van der Waals surface area contributed by atoms with Crippen molar-refractivity contribution in [1.82, 2.24) is 0 Å². The fraction of sp³-hybridized carbons (Fsp3) is 0.500. The Balaban J connectivity index is 2.11. The van der Waals surface area contributed by atoms with Crippen LogP contribution in [0.1, 0.15) is 19.3 Å². The number of hydrogen-bond acceptors (Lipinski definition) is 5. The van der Waals surface area contributed by atoms with Crippen LogP contribution in [0, 0.1) is 0 Å². The van der Waals surface area contributed by atoms with Crippen molar-refractivity contribution in [3.63, 3.8) is 0 Å². The molecule has 1 aromatic carbocycles. The molecule has 1 atom stereocenters. The average molecular weight is 286 g/mol. The second-order valence-electron chi connectivity index (χ2n) is 4.55. The average Bonchev–Trinajstić information content (AvgIpc) is 2.37. The first-order valence-corrected chi connectivity index (χ1v) is 7.68. The molecule has 0 saturated carbocycles. The van der Waals surface area contributed by atoms with Gasteiger partial charge in [0.25, 0.3) is 0 Å². The number of ether oxygens (including phenoxy) is 2. The first kappa shape index (κ1) is 14.1. The highest BCUT2D eigenvalue weighted by Gasteiger charge is 2.19. The third-order valence-electron chi connectivity index (χ3n) is 2.97. The molecule has 0 radical (unpaired) electrons. The largest absolute Gasteiger partial charge is 0.489 e. The Morgan fingerprint density at radius 3 is 2.79 bits per heavy atom. The number of anilines is 1. The fourth-order valence-corrected chi connectivity index (χ4v) is 2.70. The molecule has 0 amide bonds.